The summed E-state index contributed by atoms with van der Waals surface area (Å²) in [4.78, 5) is 0. The molecule has 3 aromatic carbocycles. The third-order valence-electron chi connectivity index (χ3n) is 5.94. The third kappa shape index (κ3) is 3.78. The topological polar surface area (TPSA) is 15.6 Å². The molecule has 2 aliphatic rings. The molecule has 2 nitrogen and oxygen atoms in total. The zero-order chi connectivity index (χ0) is 20.5. The Bertz CT molecular complexity index is 1090. The van der Waals surface area contributed by atoms with Crippen LogP contribution in [0.15, 0.2) is 89.5 Å². The molecule has 3 aromatic rings. The van der Waals surface area contributed by atoms with Gasteiger partial charge in [0.05, 0.1) is 17.4 Å². The van der Waals surface area contributed by atoms with Gasteiger partial charge in [0.1, 0.15) is 0 Å². The van der Waals surface area contributed by atoms with Crippen molar-refractivity contribution in [2.45, 2.75) is 25.3 Å². The third-order valence-corrected chi connectivity index (χ3v) is 6.45. The molecule has 0 unspecified atom stereocenters. The summed E-state index contributed by atoms with van der Waals surface area (Å²) in [5, 5.41) is 8.90. The Hall–Kier alpha value is -2.55. The Morgan fingerprint density at radius 2 is 1.50 bits per heavy atom. The second kappa shape index (κ2) is 8.29. The first-order chi connectivity index (χ1) is 14.7. The van der Waals surface area contributed by atoms with Crippen molar-refractivity contribution in [1.82, 2.24) is 0 Å². The molecular formula is C26H22Cl2N2. The summed E-state index contributed by atoms with van der Waals surface area (Å²) in [6, 6.07) is 26.9. The SMILES string of the molecule is Clc1ccc(C=C2CCC[C@H]3C2=NN(c2ccccc2)[C@@H]3c2ccc(Cl)cc2)cc1. The van der Waals surface area contributed by atoms with Crippen LogP contribution in [0.2, 0.25) is 10.0 Å². The van der Waals surface area contributed by atoms with Crippen LogP contribution in [0, 0.1) is 5.92 Å². The second-order valence-electron chi connectivity index (χ2n) is 7.88. The second-order valence-corrected chi connectivity index (χ2v) is 8.75. The standard InChI is InChI=1S/C26H22Cl2N2/c27-21-13-9-18(10-14-21)17-20-5-4-8-24-25(20)29-30(23-6-2-1-3-7-23)26(24)19-11-15-22(28)16-12-19/h1-3,6-7,9-17,24,26H,4-5,8H2/t24-,26+/m0/s1. The molecule has 1 saturated carbocycles. The van der Waals surface area contributed by atoms with Gasteiger partial charge in [-0.2, -0.15) is 5.10 Å². The molecule has 0 aromatic heterocycles. The van der Waals surface area contributed by atoms with Gasteiger partial charge >= 0.3 is 0 Å². The molecular weight excluding hydrogens is 411 g/mol. The molecule has 0 N–H and O–H groups in total. The monoisotopic (exact) mass is 432 g/mol. The first-order valence-corrected chi connectivity index (χ1v) is 11.1. The van der Waals surface area contributed by atoms with Gasteiger partial charge in [-0.3, -0.25) is 5.01 Å². The predicted octanol–water partition coefficient (Wildman–Crippen LogP) is 7.79. The highest BCUT2D eigenvalue weighted by Crippen LogP contribution is 2.46. The largest absolute Gasteiger partial charge is 0.257 e. The summed E-state index contributed by atoms with van der Waals surface area (Å²) in [5.41, 5.74) is 6.06. The fourth-order valence-corrected chi connectivity index (χ4v) is 4.80. The van der Waals surface area contributed by atoms with E-state index in [-0.39, 0.29) is 6.04 Å². The summed E-state index contributed by atoms with van der Waals surface area (Å²) >= 11 is 12.2. The summed E-state index contributed by atoms with van der Waals surface area (Å²) in [7, 11) is 0. The normalized spacial score (nSPS) is 22.1. The van der Waals surface area contributed by atoms with E-state index in [1.807, 2.05) is 30.3 Å². The first-order valence-electron chi connectivity index (χ1n) is 10.3. The predicted molar refractivity (Wildman–Crippen MR) is 127 cm³/mol. The highest BCUT2D eigenvalue weighted by molar-refractivity contribution is 6.30. The zero-order valence-corrected chi connectivity index (χ0v) is 18.0. The number of rotatable bonds is 3. The molecule has 1 fully saturated rings. The van der Waals surface area contributed by atoms with Crippen molar-refractivity contribution in [2.75, 3.05) is 5.01 Å². The number of para-hydroxylation sites is 1. The summed E-state index contributed by atoms with van der Waals surface area (Å²) in [5.74, 6) is 0.360. The van der Waals surface area contributed by atoms with Gasteiger partial charge in [0, 0.05) is 16.0 Å². The lowest BCUT2D eigenvalue weighted by molar-refractivity contribution is 0.488. The molecule has 150 valence electrons. The van der Waals surface area contributed by atoms with E-state index < -0.39 is 0 Å². The molecule has 1 aliphatic carbocycles. The van der Waals surface area contributed by atoms with Gasteiger partial charge in [0.25, 0.3) is 0 Å². The Morgan fingerprint density at radius 3 is 2.20 bits per heavy atom. The fraction of sp³-hybridized carbons (Fsp3) is 0.192. The maximum Gasteiger partial charge on any atom is 0.0859 e. The van der Waals surface area contributed by atoms with Gasteiger partial charge in [0.15, 0.2) is 0 Å². The van der Waals surface area contributed by atoms with Crippen LogP contribution < -0.4 is 5.01 Å². The number of hydrogen-bond donors (Lipinski definition) is 0. The molecule has 0 spiro atoms. The van der Waals surface area contributed by atoms with Crippen LogP contribution in [0.5, 0.6) is 0 Å². The van der Waals surface area contributed by atoms with Gasteiger partial charge < -0.3 is 0 Å². The van der Waals surface area contributed by atoms with E-state index in [1.54, 1.807) is 0 Å². The smallest absolute Gasteiger partial charge is 0.0859 e. The Morgan fingerprint density at radius 1 is 0.833 bits per heavy atom. The number of allylic oxidation sites excluding steroid dienone is 1. The van der Waals surface area contributed by atoms with Crippen molar-refractivity contribution in [3.63, 3.8) is 0 Å². The van der Waals surface area contributed by atoms with E-state index in [1.165, 1.54) is 22.4 Å². The molecule has 0 saturated heterocycles. The van der Waals surface area contributed by atoms with E-state index in [0.717, 1.165) is 35.0 Å². The molecule has 1 aliphatic heterocycles. The van der Waals surface area contributed by atoms with Gasteiger partial charge in [-0.05, 0) is 78.4 Å². The van der Waals surface area contributed by atoms with Crippen molar-refractivity contribution in [2.24, 2.45) is 11.0 Å². The molecule has 5 rings (SSSR count). The number of fused-ring (bicyclic) bond motifs is 1. The summed E-state index contributed by atoms with van der Waals surface area (Å²) < 4.78 is 0. The van der Waals surface area contributed by atoms with E-state index in [9.17, 15) is 0 Å². The van der Waals surface area contributed by atoms with Gasteiger partial charge in [0.2, 0.25) is 0 Å². The quantitative estimate of drug-likeness (QED) is 0.412. The molecule has 30 heavy (non-hydrogen) atoms. The van der Waals surface area contributed by atoms with Crippen LogP contribution in [-0.4, -0.2) is 5.71 Å². The van der Waals surface area contributed by atoms with E-state index >= 15 is 0 Å². The number of halogens is 2. The average Bonchev–Trinajstić information content (AvgIpc) is 3.17. The van der Waals surface area contributed by atoms with Crippen molar-refractivity contribution < 1.29 is 0 Å². The van der Waals surface area contributed by atoms with Gasteiger partial charge in [-0.25, -0.2) is 0 Å². The van der Waals surface area contributed by atoms with E-state index in [2.05, 4.69) is 59.6 Å². The Kier molecular flexibility index (Phi) is 5.37. The maximum absolute atomic E-state index is 6.17. The zero-order valence-electron chi connectivity index (χ0n) is 16.5. The Balaban J connectivity index is 1.58. The lowest BCUT2D eigenvalue weighted by atomic mass is 9.77. The van der Waals surface area contributed by atoms with Crippen LogP contribution in [-0.2, 0) is 0 Å². The van der Waals surface area contributed by atoms with E-state index in [0.29, 0.717) is 5.92 Å². The highest BCUT2D eigenvalue weighted by Gasteiger charge is 2.41. The highest BCUT2D eigenvalue weighted by atomic mass is 35.5. The molecule has 0 radical (unpaired) electrons. The van der Waals surface area contributed by atoms with Crippen LogP contribution in [0.25, 0.3) is 6.08 Å². The minimum absolute atomic E-state index is 0.175. The molecule has 0 bridgehead atoms. The van der Waals surface area contributed by atoms with Gasteiger partial charge in [-0.15, -0.1) is 0 Å². The summed E-state index contributed by atoms with van der Waals surface area (Å²) in [6.07, 6.45) is 5.62. The molecule has 4 heteroatoms. The van der Waals surface area contributed by atoms with Gasteiger partial charge in [-0.1, -0.05) is 65.7 Å². The number of hydrazone groups is 1. The number of hydrogen-bond acceptors (Lipinski definition) is 2. The summed E-state index contributed by atoms with van der Waals surface area (Å²) in [6.45, 7) is 0. The van der Waals surface area contributed by atoms with Crippen LogP contribution in [0.3, 0.4) is 0 Å². The number of nitrogens with zero attached hydrogens (tertiary/aromatic N) is 2. The van der Waals surface area contributed by atoms with Crippen molar-refractivity contribution in [3.05, 3.63) is 106 Å². The number of benzene rings is 3. The molecule has 0 amide bonds. The van der Waals surface area contributed by atoms with E-state index in [4.69, 9.17) is 28.3 Å². The van der Waals surface area contributed by atoms with Crippen molar-refractivity contribution in [1.29, 1.82) is 0 Å². The molecule has 1 heterocycles. The fourth-order valence-electron chi connectivity index (χ4n) is 4.55. The van der Waals surface area contributed by atoms with Crippen LogP contribution >= 0.6 is 23.2 Å². The minimum Gasteiger partial charge on any atom is -0.257 e. The minimum atomic E-state index is 0.175. The first kappa shape index (κ1) is 19.4. The maximum atomic E-state index is 6.17. The Labute approximate surface area is 187 Å². The van der Waals surface area contributed by atoms with Crippen molar-refractivity contribution in [3.8, 4) is 0 Å². The number of anilines is 1. The van der Waals surface area contributed by atoms with Crippen LogP contribution in [0.4, 0.5) is 5.69 Å². The van der Waals surface area contributed by atoms with Crippen molar-refractivity contribution >= 4 is 40.7 Å². The average molecular weight is 433 g/mol. The molecule has 2 atom stereocenters. The lowest BCUT2D eigenvalue weighted by Gasteiger charge is -2.30. The lowest BCUT2D eigenvalue weighted by Crippen LogP contribution is -2.28. The van der Waals surface area contributed by atoms with Crippen LogP contribution in [0.1, 0.15) is 36.4 Å².